The molecule has 1 heterocycles. The molecule has 0 spiro atoms. The van der Waals surface area contributed by atoms with Crippen LogP contribution in [-0.4, -0.2) is 25.9 Å². The highest BCUT2D eigenvalue weighted by molar-refractivity contribution is 9.10. The van der Waals surface area contributed by atoms with Gasteiger partial charge in [0, 0.05) is 13.1 Å². The summed E-state index contributed by atoms with van der Waals surface area (Å²) < 4.78 is 22.5. The van der Waals surface area contributed by atoms with E-state index in [1.807, 2.05) is 37.3 Å². The average molecular weight is 437 g/mol. The van der Waals surface area contributed by atoms with Crippen LogP contribution < -0.4 is 30.0 Å². The van der Waals surface area contributed by atoms with Crippen LogP contribution in [0, 0.1) is 0 Å². The van der Waals surface area contributed by atoms with Gasteiger partial charge in [-0.05, 0) is 58.2 Å². The largest absolute Gasteiger partial charge is 0.490 e. The van der Waals surface area contributed by atoms with Gasteiger partial charge in [-0.3, -0.25) is 4.79 Å². The first-order valence-electron chi connectivity index (χ1n) is 8.52. The van der Waals surface area contributed by atoms with Crippen molar-refractivity contribution in [1.82, 2.24) is 5.32 Å². The number of benzene rings is 2. The fraction of sp³-hybridized carbons (Fsp3) is 0.316. The van der Waals surface area contributed by atoms with Crippen molar-refractivity contribution in [3.8, 4) is 23.0 Å². The van der Waals surface area contributed by atoms with E-state index in [0.29, 0.717) is 35.7 Å². The zero-order valence-electron chi connectivity index (χ0n) is 14.9. The maximum atomic E-state index is 11.0. The Morgan fingerprint density at radius 3 is 2.70 bits per heavy atom. The summed E-state index contributed by atoms with van der Waals surface area (Å²) in [5.41, 5.74) is 7.27. The van der Waals surface area contributed by atoms with Gasteiger partial charge in [0.05, 0.1) is 11.1 Å². The predicted octanol–water partition coefficient (Wildman–Crippen LogP) is 2.73. The average Bonchev–Trinajstić information content (AvgIpc) is 3.09. The lowest BCUT2D eigenvalue weighted by molar-refractivity contribution is -0.119. The first-order valence-corrected chi connectivity index (χ1v) is 9.31. The third-order valence-corrected chi connectivity index (χ3v) is 4.41. The second kappa shape index (κ2) is 8.96. The Morgan fingerprint density at radius 1 is 1.15 bits per heavy atom. The van der Waals surface area contributed by atoms with Gasteiger partial charge in [0.15, 0.2) is 29.6 Å². The van der Waals surface area contributed by atoms with Gasteiger partial charge in [0.1, 0.15) is 0 Å². The highest BCUT2D eigenvalue weighted by Crippen LogP contribution is 2.37. The Balaban J connectivity index is 1.64. The Kier molecular flexibility index (Phi) is 6.41. The number of nitrogens with two attached hydrogens (primary N) is 1. The molecule has 1 aliphatic heterocycles. The lowest BCUT2D eigenvalue weighted by Gasteiger charge is -2.15. The lowest BCUT2D eigenvalue weighted by Crippen LogP contribution is -2.20. The standard InChI is InChI=1S/C19H21BrN2O5/c1-2-24-17-7-13(5-14(20)19(17)25-10-18(21)23)9-22-8-12-3-4-15-16(6-12)27-11-26-15/h3-7,22H,2,8-11H2,1H3,(H2,21,23). The first-order chi connectivity index (χ1) is 13.1. The van der Waals surface area contributed by atoms with Crippen LogP contribution in [0.1, 0.15) is 18.1 Å². The van der Waals surface area contributed by atoms with E-state index in [9.17, 15) is 4.79 Å². The van der Waals surface area contributed by atoms with E-state index in [0.717, 1.165) is 22.6 Å². The molecule has 8 heteroatoms. The predicted molar refractivity (Wildman–Crippen MR) is 103 cm³/mol. The third kappa shape index (κ3) is 5.05. The highest BCUT2D eigenvalue weighted by Gasteiger charge is 2.14. The van der Waals surface area contributed by atoms with Gasteiger partial charge in [-0.25, -0.2) is 0 Å². The van der Waals surface area contributed by atoms with E-state index >= 15 is 0 Å². The maximum Gasteiger partial charge on any atom is 0.255 e. The van der Waals surface area contributed by atoms with Crippen LogP contribution in [0.2, 0.25) is 0 Å². The first kappa shape index (κ1) is 19.3. The maximum absolute atomic E-state index is 11.0. The van der Waals surface area contributed by atoms with Crippen molar-refractivity contribution in [2.24, 2.45) is 5.73 Å². The number of amides is 1. The van der Waals surface area contributed by atoms with Gasteiger partial charge in [-0.2, -0.15) is 0 Å². The van der Waals surface area contributed by atoms with Crippen molar-refractivity contribution in [1.29, 1.82) is 0 Å². The minimum Gasteiger partial charge on any atom is -0.490 e. The summed E-state index contributed by atoms with van der Waals surface area (Å²) in [6, 6.07) is 9.69. The zero-order chi connectivity index (χ0) is 19.2. The van der Waals surface area contributed by atoms with E-state index in [4.69, 9.17) is 24.7 Å². The molecule has 2 aromatic rings. The molecule has 0 aliphatic carbocycles. The van der Waals surface area contributed by atoms with E-state index in [1.165, 1.54) is 0 Å². The van der Waals surface area contributed by atoms with Crippen molar-refractivity contribution < 1.29 is 23.7 Å². The van der Waals surface area contributed by atoms with Crippen LogP contribution in [0.5, 0.6) is 23.0 Å². The molecule has 144 valence electrons. The molecule has 2 aromatic carbocycles. The molecule has 0 aromatic heterocycles. The van der Waals surface area contributed by atoms with Gasteiger partial charge >= 0.3 is 0 Å². The Hall–Kier alpha value is -2.45. The zero-order valence-corrected chi connectivity index (χ0v) is 16.5. The Morgan fingerprint density at radius 2 is 1.93 bits per heavy atom. The van der Waals surface area contributed by atoms with E-state index in [1.54, 1.807) is 0 Å². The van der Waals surface area contributed by atoms with Crippen LogP contribution in [0.3, 0.4) is 0 Å². The molecular weight excluding hydrogens is 416 g/mol. The monoisotopic (exact) mass is 436 g/mol. The molecule has 3 N–H and O–H groups in total. The summed E-state index contributed by atoms with van der Waals surface area (Å²) in [5, 5.41) is 3.39. The second-order valence-electron chi connectivity index (χ2n) is 5.88. The van der Waals surface area contributed by atoms with Gasteiger partial charge in [-0.15, -0.1) is 0 Å². The van der Waals surface area contributed by atoms with Crippen molar-refractivity contribution in [2.75, 3.05) is 20.0 Å². The summed E-state index contributed by atoms with van der Waals surface area (Å²) >= 11 is 3.47. The molecule has 0 saturated carbocycles. The van der Waals surface area contributed by atoms with Crippen molar-refractivity contribution in [3.63, 3.8) is 0 Å². The molecule has 0 fully saturated rings. The van der Waals surface area contributed by atoms with E-state index in [-0.39, 0.29) is 13.4 Å². The van der Waals surface area contributed by atoms with Gasteiger partial charge in [0.25, 0.3) is 5.91 Å². The summed E-state index contributed by atoms with van der Waals surface area (Å²) in [5.74, 6) is 2.03. The number of ether oxygens (including phenoxy) is 4. The normalized spacial score (nSPS) is 12.1. The van der Waals surface area contributed by atoms with Crippen LogP contribution in [-0.2, 0) is 17.9 Å². The summed E-state index contributed by atoms with van der Waals surface area (Å²) in [7, 11) is 0. The van der Waals surface area contributed by atoms with Crippen molar-refractivity contribution >= 4 is 21.8 Å². The topological polar surface area (TPSA) is 92.0 Å². The molecule has 27 heavy (non-hydrogen) atoms. The van der Waals surface area contributed by atoms with Gasteiger partial charge < -0.3 is 30.0 Å². The van der Waals surface area contributed by atoms with Gasteiger partial charge in [0.2, 0.25) is 6.79 Å². The molecular formula is C19H21BrN2O5. The van der Waals surface area contributed by atoms with E-state index in [2.05, 4.69) is 21.2 Å². The molecule has 0 bridgehead atoms. The van der Waals surface area contributed by atoms with E-state index < -0.39 is 5.91 Å². The molecule has 0 unspecified atom stereocenters. The Labute approximate surface area is 165 Å². The minimum atomic E-state index is -0.543. The number of halogens is 1. The fourth-order valence-corrected chi connectivity index (χ4v) is 3.28. The van der Waals surface area contributed by atoms with Crippen LogP contribution >= 0.6 is 15.9 Å². The number of primary amides is 1. The summed E-state index contributed by atoms with van der Waals surface area (Å²) in [6.07, 6.45) is 0. The Bertz CT molecular complexity index is 828. The molecule has 3 rings (SSSR count). The fourth-order valence-electron chi connectivity index (χ4n) is 2.67. The van der Waals surface area contributed by atoms with Gasteiger partial charge in [-0.1, -0.05) is 6.07 Å². The minimum absolute atomic E-state index is 0.208. The number of hydrogen-bond donors (Lipinski definition) is 2. The third-order valence-electron chi connectivity index (χ3n) is 3.82. The second-order valence-corrected chi connectivity index (χ2v) is 6.74. The molecule has 0 radical (unpaired) electrons. The molecule has 1 amide bonds. The molecule has 1 aliphatic rings. The van der Waals surface area contributed by atoms with Crippen LogP contribution in [0.25, 0.3) is 0 Å². The molecule has 0 atom stereocenters. The number of carbonyl (C=O) groups is 1. The molecule has 0 saturated heterocycles. The molecule has 7 nitrogen and oxygen atoms in total. The number of fused-ring (bicyclic) bond motifs is 1. The summed E-state index contributed by atoms with van der Waals surface area (Å²) in [4.78, 5) is 11.0. The number of hydrogen-bond acceptors (Lipinski definition) is 6. The summed E-state index contributed by atoms with van der Waals surface area (Å²) in [6.45, 7) is 3.73. The number of carbonyl (C=O) groups excluding carboxylic acids is 1. The van der Waals surface area contributed by atoms with Crippen LogP contribution in [0.4, 0.5) is 0 Å². The van der Waals surface area contributed by atoms with Crippen molar-refractivity contribution in [2.45, 2.75) is 20.0 Å². The quantitative estimate of drug-likeness (QED) is 0.627. The lowest BCUT2D eigenvalue weighted by atomic mass is 10.1. The SMILES string of the molecule is CCOc1cc(CNCc2ccc3c(c2)OCO3)cc(Br)c1OCC(N)=O. The number of nitrogens with one attached hydrogen (secondary N) is 1. The smallest absolute Gasteiger partial charge is 0.255 e. The van der Waals surface area contributed by atoms with Crippen molar-refractivity contribution in [3.05, 3.63) is 45.9 Å². The van der Waals surface area contributed by atoms with Crippen LogP contribution in [0.15, 0.2) is 34.8 Å². The number of rotatable bonds is 9. The highest BCUT2D eigenvalue weighted by atomic mass is 79.9.